The van der Waals surface area contributed by atoms with Crippen LogP contribution in [0.3, 0.4) is 0 Å². The molecular weight excluding hydrogens is 276 g/mol. The van der Waals surface area contributed by atoms with Crippen molar-refractivity contribution in [2.24, 2.45) is 0 Å². The molecule has 1 aromatic carbocycles. The van der Waals surface area contributed by atoms with E-state index < -0.39 is 12.6 Å². The van der Waals surface area contributed by atoms with Crippen LogP contribution in [0.5, 0.6) is 5.75 Å². The molecule has 1 aliphatic heterocycles. The van der Waals surface area contributed by atoms with Crippen LogP contribution >= 0.6 is 0 Å². The van der Waals surface area contributed by atoms with Crippen molar-refractivity contribution >= 4 is 17.7 Å². The molecule has 0 aliphatic carbocycles. The number of likely N-dealkylation sites (tertiary alicyclic amines) is 1. The van der Waals surface area contributed by atoms with Crippen molar-refractivity contribution in [2.75, 3.05) is 25.1 Å². The fourth-order valence-corrected chi connectivity index (χ4v) is 2.27. The maximum atomic E-state index is 12.1. The number of amides is 2. The average molecular weight is 294 g/mol. The van der Waals surface area contributed by atoms with Gasteiger partial charge in [0.05, 0.1) is 12.6 Å². The van der Waals surface area contributed by atoms with Crippen molar-refractivity contribution in [3.8, 4) is 5.75 Å². The first-order chi connectivity index (χ1) is 10.1. The van der Waals surface area contributed by atoms with Gasteiger partial charge in [-0.3, -0.25) is 0 Å². The normalized spacial score (nSPS) is 17.6. The molecule has 1 saturated heterocycles. The summed E-state index contributed by atoms with van der Waals surface area (Å²) < 4.78 is 5.01. The second-order valence-electron chi connectivity index (χ2n) is 4.81. The average Bonchev–Trinajstić information content (AvgIpc) is 2.95. The predicted molar refractivity (Wildman–Crippen MR) is 75.4 cm³/mol. The highest BCUT2D eigenvalue weighted by atomic mass is 16.5. The molecular formula is C14H18N2O5. The SMILES string of the molecule is O=C(O)COc1ccc(NC(=O)N2CCCC2CO)cc1. The Labute approximate surface area is 122 Å². The molecule has 1 aliphatic rings. The molecule has 1 fully saturated rings. The van der Waals surface area contributed by atoms with Gasteiger partial charge in [-0.05, 0) is 37.1 Å². The van der Waals surface area contributed by atoms with Gasteiger partial charge in [-0.25, -0.2) is 9.59 Å². The molecule has 0 saturated carbocycles. The first-order valence-corrected chi connectivity index (χ1v) is 6.73. The minimum absolute atomic E-state index is 0.0324. The first kappa shape index (κ1) is 15.1. The summed E-state index contributed by atoms with van der Waals surface area (Å²) in [7, 11) is 0. The van der Waals surface area contributed by atoms with Crippen molar-refractivity contribution in [1.29, 1.82) is 0 Å². The van der Waals surface area contributed by atoms with Crippen molar-refractivity contribution in [3.05, 3.63) is 24.3 Å². The summed E-state index contributed by atoms with van der Waals surface area (Å²) in [6.07, 6.45) is 1.70. The zero-order valence-corrected chi connectivity index (χ0v) is 11.5. The van der Waals surface area contributed by atoms with Crippen molar-refractivity contribution < 1.29 is 24.5 Å². The van der Waals surface area contributed by atoms with E-state index in [9.17, 15) is 14.7 Å². The third kappa shape index (κ3) is 4.09. The number of carboxylic acid groups (broad SMARTS) is 1. The molecule has 2 amide bonds. The van der Waals surface area contributed by atoms with E-state index in [1.54, 1.807) is 29.2 Å². The van der Waals surface area contributed by atoms with E-state index in [2.05, 4.69) is 5.32 Å². The zero-order chi connectivity index (χ0) is 15.2. The van der Waals surface area contributed by atoms with E-state index in [4.69, 9.17) is 9.84 Å². The number of anilines is 1. The van der Waals surface area contributed by atoms with Crippen LogP contribution in [-0.2, 0) is 4.79 Å². The summed E-state index contributed by atoms with van der Waals surface area (Å²) in [5, 5.41) is 20.5. The number of hydrogen-bond acceptors (Lipinski definition) is 4. The number of nitrogens with one attached hydrogen (secondary N) is 1. The number of ether oxygens (including phenoxy) is 1. The highest BCUT2D eigenvalue weighted by Crippen LogP contribution is 2.20. The fraction of sp³-hybridized carbons (Fsp3) is 0.429. The quantitative estimate of drug-likeness (QED) is 0.756. The molecule has 21 heavy (non-hydrogen) atoms. The van der Waals surface area contributed by atoms with Gasteiger partial charge in [-0.2, -0.15) is 0 Å². The van der Waals surface area contributed by atoms with Crippen LogP contribution in [0.2, 0.25) is 0 Å². The molecule has 1 unspecified atom stereocenters. The molecule has 0 aromatic heterocycles. The zero-order valence-electron chi connectivity index (χ0n) is 11.5. The number of aliphatic carboxylic acids is 1. The minimum Gasteiger partial charge on any atom is -0.482 e. The second kappa shape index (κ2) is 6.94. The van der Waals surface area contributed by atoms with Gasteiger partial charge in [0.1, 0.15) is 5.75 Å². The molecule has 0 spiro atoms. The largest absolute Gasteiger partial charge is 0.482 e. The van der Waals surface area contributed by atoms with Crippen LogP contribution in [0, 0.1) is 0 Å². The maximum Gasteiger partial charge on any atom is 0.341 e. The lowest BCUT2D eigenvalue weighted by atomic mass is 10.2. The number of carbonyl (C=O) groups excluding carboxylic acids is 1. The highest BCUT2D eigenvalue weighted by Gasteiger charge is 2.27. The predicted octanol–water partition coefficient (Wildman–Crippen LogP) is 1.14. The molecule has 1 heterocycles. The van der Waals surface area contributed by atoms with Crippen LogP contribution in [0.15, 0.2) is 24.3 Å². The molecule has 0 bridgehead atoms. The number of carboxylic acids is 1. The van der Waals surface area contributed by atoms with Gasteiger partial charge in [-0.15, -0.1) is 0 Å². The number of carbonyl (C=O) groups is 2. The number of hydrogen-bond donors (Lipinski definition) is 3. The fourth-order valence-electron chi connectivity index (χ4n) is 2.27. The molecule has 114 valence electrons. The summed E-state index contributed by atoms with van der Waals surface area (Å²) in [5.74, 6) is -0.624. The standard InChI is InChI=1S/C14H18N2O5/c17-8-11-2-1-7-16(11)14(20)15-10-3-5-12(6-4-10)21-9-13(18)19/h3-6,11,17H,1-2,7-9H2,(H,15,20)(H,18,19). The lowest BCUT2D eigenvalue weighted by Crippen LogP contribution is -2.40. The number of benzene rings is 1. The Morgan fingerprint density at radius 2 is 2.05 bits per heavy atom. The van der Waals surface area contributed by atoms with Crippen molar-refractivity contribution in [1.82, 2.24) is 4.90 Å². The van der Waals surface area contributed by atoms with Crippen LogP contribution in [0.1, 0.15) is 12.8 Å². The number of urea groups is 1. The van der Waals surface area contributed by atoms with Crippen molar-refractivity contribution in [2.45, 2.75) is 18.9 Å². The van der Waals surface area contributed by atoms with Gasteiger partial charge in [0.15, 0.2) is 6.61 Å². The lowest BCUT2D eigenvalue weighted by Gasteiger charge is -2.23. The van der Waals surface area contributed by atoms with E-state index in [1.165, 1.54) is 0 Å². The van der Waals surface area contributed by atoms with Gasteiger partial charge in [0, 0.05) is 12.2 Å². The van der Waals surface area contributed by atoms with Crippen LogP contribution in [0.4, 0.5) is 10.5 Å². The molecule has 3 N–H and O–H groups in total. The van der Waals surface area contributed by atoms with Gasteiger partial charge in [0.25, 0.3) is 0 Å². The van der Waals surface area contributed by atoms with Crippen LogP contribution in [0.25, 0.3) is 0 Å². The molecule has 1 aromatic rings. The summed E-state index contributed by atoms with van der Waals surface area (Å²) >= 11 is 0. The highest BCUT2D eigenvalue weighted by molar-refractivity contribution is 5.89. The van der Waals surface area contributed by atoms with Gasteiger partial charge >= 0.3 is 12.0 Å². The Morgan fingerprint density at radius 1 is 1.33 bits per heavy atom. The van der Waals surface area contributed by atoms with E-state index in [1.807, 2.05) is 0 Å². The Hall–Kier alpha value is -2.28. The van der Waals surface area contributed by atoms with Gasteiger partial charge in [-0.1, -0.05) is 0 Å². The summed E-state index contributed by atoms with van der Waals surface area (Å²) in [4.78, 5) is 24.1. The minimum atomic E-state index is -1.04. The molecule has 1 atom stereocenters. The number of aliphatic hydroxyl groups is 1. The Kier molecular flexibility index (Phi) is 4.99. The van der Waals surface area contributed by atoms with Crippen molar-refractivity contribution in [3.63, 3.8) is 0 Å². The number of aliphatic hydroxyl groups excluding tert-OH is 1. The molecule has 7 nitrogen and oxygen atoms in total. The van der Waals surface area contributed by atoms with E-state index in [0.29, 0.717) is 18.0 Å². The summed E-state index contributed by atoms with van der Waals surface area (Å²) in [6, 6.07) is 6.09. The Balaban J connectivity index is 1.90. The van der Waals surface area contributed by atoms with E-state index >= 15 is 0 Å². The summed E-state index contributed by atoms with van der Waals surface area (Å²) in [5.41, 5.74) is 0.589. The molecule has 0 radical (unpaired) electrons. The first-order valence-electron chi connectivity index (χ1n) is 6.73. The summed E-state index contributed by atoms with van der Waals surface area (Å²) in [6.45, 7) is 0.198. The Bertz CT molecular complexity index is 503. The van der Waals surface area contributed by atoms with Gasteiger partial charge in [0.2, 0.25) is 0 Å². The lowest BCUT2D eigenvalue weighted by molar-refractivity contribution is -0.139. The van der Waals surface area contributed by atoms with Crippen LogP contribution < -0.4 is 10.1 Å². The molecule has 2 rings (SSSR count). The smallest absolute Gasteiger partial charge is 0.341 e. The monoisotopic (exact) mass is 294 g/mol. The third-order valence-electron chi connectivity index (χ3n) is 3.32. The van der Waals surface area contributed by atoms with E-state index in [0.717, 1.165) is 12.8 Å². The number of nitrogens with zero attached hydrogens (tertiary/aromatic N) is 1. The molecule has 7 heteroatoms. The topological polar surface area (TPSA) is 99.1 Å². The second-order valence-corrected chi connectivity index (χ2v) is 4.81. The Morgan fingerprint density at radius 3 is 2.67 bits per heavy atom. The maximum absolute atomic E-state index is 12.1. The van der Waals surface area contributed by atoms with Crippen LogP contribution in [-0.4, -0.2) is 52.9 Å². The van der Waals surface area contributed by atoms with Gasteiger partial charge < -0.3 is 25.2 Å². The number of rotatable bonds is 5. The van der Waals surface area contributed by atoms with E-state index in [-0.39, 0.29) is 18.7 Å². The third-order valence-corrected chi connectivity index (χ3v) is 3.32.